The summed E-state index contributed by atoms with van der Waals surface area (Å²) in [6.07, 6.45) is 0.750. The number of carbonyl (C=O) groups excluding carboxylic acids is 1. The molecule has 0 heterocycles. The van der Waals surface area contributed by atoms with Crippen molar-refractivity contribution in [1.82, 2.24) is 4.90 Å². The van der Waals surface area contributed by atoms with Gasteiger partial charge in [0.1, 0.15) is 0 Å². The predicted molar refractivity (Wildman–Crippen MR) is 31.5 cm³/mol. The molecule has 0 saturated carbocycles. The van der Waals surface area contributed by atoms with Crippen molar-refractivity contribution in [2.45, 2.75) is 0 Å². The van der Waals surface area contributed by atoms with Gasteiger partial charge in [0.05, 0.1) is 0 Å². The van der Waals surface area contributed by atoms with E-state index < -0.39 is 0 Å². The molecular weight excluding hydrogens is 196 g/mol. The van der Waals surface area contributed by atoms with Crippen LogP contribution in [0.25, 0.3) is 0 Å². The Kier molecular flexibility index (Phi) is 14.9. The molecule has 0 rings (SSSR count). The van der Waals surface area contributed by atoms with Gasteiger partial charge in [-0.3, -0.25) is 4.79 Å². The van der Waals surface area contributed by atoms with E-state index >= 15 is 0 Å². The van der Waals surface area contributed by atoms with E-state index in [1.165, 1.54) is 4.90 Å². The molecule has 0 aromatic rings. The normalized spacial score (nSPS) is 7.00. The number of carbonyl (C=O) groups is 1. The first-order valence-electron chi connectivity index (χ1n) is 1.63. The average molecular weight is 203 g/mol. The molecule has 0 aromatic heterocycles. The van der Waals surface area contributed by atoms with Gasteiger partial charge in [-0.2, -0.15) is 0 Å². The molecule has 0 bridgehead atoms. The summed E-state index contributed by atoms with van der Waals surface area (Å²) in [4.78, 5) is 10.9. The molecule has 0 aromatic carbocycles. The Morgan fingerprint density at radius 3 is 1.62 bits per heavy atom. The van der Waals surface area contributed by atoms with Crippen LogP contribution >= 0.6 is 20.4 Å². The standard InChI is InChI=1S/C3H7NO.2ClH.Ni/c1-4(2)3-5;;;/h3H,1-2H3;2*1H;/q;;;+2/p-2. The van der Waals surface area contributed by atoms with Crippen molar-refractivity contribution < 1.29 is 17.4 Å². The Balaban J connectivity index is 0. The van der Waals surface area contributed by atoms with Gasteiger partial charge >= 0.3 is 33.0 Å². The molecule has 0 aliphatic rings. The van der Waals surface area contributed by atoms with Crippen LogP contribution in [0.3, 0.4) is 0 Å². The van der Waals surface area contributed by atoms with Crippen molar-refractivity contribution in [2.24, 2.45) is 0 Å². The second kappa shape index (κ2) is 10.5. The van der Waals surface area contributed by atoms with E-state index in [4.69, 9.17) is 20.4 Å². The summed E-state index contributed by atoms with van der Waals surface area (Å²) in [6, 6.07) is 0. The van der Waals surface area contributed by atoms with E-state index in [0.717, 1.165) is 6.41 Å². The minimum absolute atomic E-state index is 0.569. The molecule has 54 valence electrons. The first-order valence-corrected chi connectivity index (χ1v) is 4.35. The molecule has 0 saturated heterocycles. The molecule has 0 spiro atoms. The summed E-state index contributed by atoms with van der Waals surface area (Å²) in [5.74, 6) is 0. The van der Waals surface area contributed by atoms with Crippen molar-refractivity contribution in [3.63, 3.8) is 0 Å². The van der Waals surface area contributed by atoms with Crippen LogP contribution in [0.2, 0.25) is 0 Å². The van der Waals surface area contributed by atoms with Crippen molar-refractivity contribution >= 4 is 26.8 Å². The third-order valence-electron chi connectivity index (χ3n) is 0.211. The summed E-state index contributed by atoms with van der Waals surface area (Å²) >= 11 is 0.569. The third kappa shape index (κ3) is 31.1. The molecule has 0 radical (unpaired) electrons. The molecule has 0 atom stereocenters. The summed E-state index contributed by atoms with van der Waals surface area (Å²) < 4.78 is 0. The SMILES string of the molecule is CN(C)C=O.[Cl][Ni][Cl]. The van der Waals surface area contributed by atoms with Crippen LogP contribution in [0.15, 0.2) is 0 Å². The molecule has 2 nitrogen and oxygen atoms in total. The van der Waals surface area contributed by atoms with Crippen LogP contribution in [0.5, 0.6) is 0 Å². The van der Waals surface area contributed by atoms with Gasteiger partial charge in [0.2, 0.25) is 6.41 Å². The van der Waals surface area contributed by atoms with Crippen LogP contribution in [0.4, 0.5) is 0 Å². The van der Waals surface area contributed by atoms with Crippen LogP contribution in [0, 0.1) is 0 Å². The van der Waals surface area contributed by atoms with Gasteiger partial charge in [-0.05, 0) is 0 Å². The fraction of sp³-hybridized carbons (Fsp3) is 0.667. The van der Waals surface area contributed by atoms with Gasteiger partial charge in [0.15, 0.2) is 0 Å². The molecular formula is C3H7Cl2NNiO. The minimum atomic E-state index is 0.569. The molecule has 0 fully saturated rings. The van der Waals surface area contributed by atoms with Gasteiger partial charge in [-0.1, -0.05) is 0 Å². The predicted octanol–water partition coefficient (Wildman–Crippen LogP) is 1.08. The molecule has 0 aliphatic carbocycles. The Morgan fingerprint density at radius 1 is 1.50 bits per heavy atom. The summed E-state index contributed by atoms with van der Waals surface area (Å²) in [5, 5.41) is 0. The topological polar surface area (TPSA) is 20.3 Å². The van der Waals surface area contributed by atoms with Crippen molar-refractivity contribution in [2.75, 3.05) is 14.1 Å². The van der Waals surface area contributed by atoms with E-state index in [9.17, 15) is 4.79 Å². The zero-order valence-electron chi connectivity index (χ0n) is 4.50. The van der Waals surface area contributed by atoms with E-state index in [0.29, 0.717) is 12.7 Å². The van der Waals surface area contributed by atoms with Crippen LogP contribution < -0.4 is 0 Å². The molecule has 8 heavy (non-hydrogen) atoms. The number of hydrogen-bond donors (Lipinski definition) is 0. The maximum atomic E-state index is 9.43. The number of amides is 1. The third-order valence-corrected chi connectivity index (χ3v) is 0.211. The quantitative estimate of drug-likeness (QED) is 0.461. The zero-order chi connectivity index (χ0) is 6.99. The molecule has 0 N–H and O–H groups in total. The van der Waals surface area contributed by atoms with E-state index in [1.807, 2.05) is 0 Å². The fourth-order valence-electron chi connectivity index (χ4n) is 0. The first kappa shape index (κ1) is 11.4. The number of halogens is 2. The molecule has 1 amide bonds. The van der Waals surface area contributed by atoms with Crippen molar-refractivity contribution in [1.29, 1.82) is 0 Å². The van der Waals surface area contributed by atoms with Gasteiger partial charge in [-0.15, -0.1) is 0 Å². The monoisotopic (exact) mass is 201 g/mol. The number of hydrogen-bond acceptors (Lipinski definition) is 1. The Labute approximate surface area is 63.5 Å². The van der Waals surface area contributed by atoms with Crippen LogP contribution in [-0.2, 0) is 17.4 Å². The van der Waals surface area contributed by atoms with Crippen molar-refractivity contribution in [3.05, 3.63) is 0 Å². The van der Waals surface area contributed by atoms with Gasteiger partial charge < -0.3 is 4.90 Å². The molecule has 0 unspecified atom stereocenters. The van der Waals surface area contributed by atoms with Crippen molar-refractivity contribution in [3.8, 4) is 0 Å². The van der Waals surface area contributed by atoms with E-state index in [-0.39, 0.29) is 0 Å². The van der Waals surface area contributed by atoms with Gasteiger partial charge in [0, 0.05) is 14.1 Å². The van der Waals surface area contributed by atoms with E-state index in [1.54, 1.807) is 14.1 Å². The number of nitrogens with zero attached hydrogens (tertiary/aromatic N) is 1. The van der Waals surface area contributed by atoms with Gasteiger partial charge in [0.25, 0.3) is 0 Å². The molecule has 0 aliphatic heterocycles. The average Bonchev–Trinajstić information content (AvgIpc) is 1.69. The van der Waals surface area contributed by atoms with Crippen LogP contribution in [-0.4, -0.2) is 25.4 Å². The Morgan fingerprint density at radius 2 is 1.62 bits per heavy atom. The zero-order valence-corrected chi connectivity index (χ0v) is 7.00. The van der Waals surface area contributed by atoms with Crippen LogP contribution in [0.1, 0.15) is 0 Å². The second-order valence-electron chi connectivity index (χ2n) is 1.11. The summed E-state index contributed by atoms with van der Waals surface area (Å²) in [5.41, 5.74) is 0. The fourth-order valence-corrected chi connectivity index (χ4v) is 0. The second-order valence-corrected chi connectivity index (χ2v) is 2.75. The summed E-state index contributed by atoms with van der Waals surface area (Å²) in [6.45, 7) is 0. The maximum absolute atomic E-state index is 9.43. The van der Waals surface area contributed by atoms with E-state index in [2.05, 4.69) is 0 Å². The number of rotatable bonds is 1. The molecule has 5 heteroatoms. The summed E-state index contributed by atoms with van der Waals surface area (Å²) in [7, 11) is 12.8. The first-order chi connectivity index (χ1) is 3.68. The van der Waals surface area contributed by atoms with Gasteiger partial charge in [-0.25, -0.2) is 0 Å². The Hall–Kier alpha value is 0.544. The Bertz CT molecular complexity index is 52.5.